The van der Waals surface area contributed by atoms with Crippen molar-refractivity contribution < 1.29 is 9.53 Å². The van der Waals surface area contributed by atoms with Gasteiger partial charge in [0.25, 0.3) is 0 Å². The first kappa shape index (κ1) is 17.7. The lowest BCUT2D eigenvalue weighted by atomic mass is 9.96. The van der Waals surface area contributed by atoms with Crippen LogP contribution in [-0.4, -0.2) is 33.1 Å². The molecule has 136 valence electrons. The summed E-state index contributed by atoms with van der Waals surface area (Å²) in [7, 11) is 0. The highest BCUT2D eigenvalue weighted by molar-refractivity contribution is 5.81. The molecule has 1 unspecified atom stereocenters. The molecule has 26 heavy (non-hydrogen) atoms. The quantitative estimate of drug-likeness (QED) is 0.859. The third-order valence-electron chi connectivity index (χ3n) is 3.99. The van der Waals surface area contributed by atoms with Gasteiger partial charge >= 0.3 is 6.09 Å². The van der Waals surface area contributed by atoms with E-state index < -0.39 is 5.60 Å². The van der Waals surface area contributed by atoms with Crippen LogP contribution in [0.2, 0.25) is 0 Å². The molecule has 2 aromatic heterocycles. The minimum Gasteiger partial charge on any atom is -0.444 e. The summed E-state index contributed by atoms with van der Waals surface area (Å²) in [5.74, 6) is 0.872. The largest absolute Gasteiger partial charge is 0.444 e. The highest BCUT2D eigenvalue weighted by atomic mass is 16.6. The van der Waals surface area contributed by atoms with E-state index in [-0.39, 0.29) is 12.1 Å². The van der Waals surface area contributed by atoms with Crippen LogP contribution in [0.3, 0.4) is 0 Å². The summed E-state index contributed by atoms with van der Waals surface area (Å²) in [6.45, 7) is 5.97. The van der Waals surface area contributed by atoms with Gasteiger partial charge < -0.3 is 16.2 Å². The standard InChI is InChI=1S/C19H23N5O2/c1-19(2,3)26-18(25)24-9-8-14(12-4-6-15(20)22-10-12)17(24)13-5-7-16(21)23-11-13/h4-8,10-11,17H,9H2,1-3H3,(H2,20,22)(H2,21,23). The lowest BCUT2D eigenvalue weighted by Crippen LogP contribution is -2.37. The SMILES string of the molecule is CC(C)(C)OC(=O)N1CC=C(c2ccc(N)nc2)C1c1ccc(N)nc1. The Hall–Kier alpha value is -3.09. The van der Waals surface area contributed by atoms with Crippen LogP contribution < -0.4 is 11.5 Å². The van der Waals surface area contributed by atoms with E-state index in [1.54, 1.807) is 29.4 Å². The summed E-state index contributed by atoms with van der Waals surface area (Å²) in [6, 6.07) is 6.90. The maximum atomic E-state index is 12.7. The first-order chi connectivity index (χ1) is 12.2. The van der Waals surface area contributed by atoms with Gasteiger partial charge in [-0.25, -0.2) is 14.8 Å². The zero-order chi connectivity index (χ0) is 18.9. The highest BCUT2D eigenvalue weighted by Crippen LogP contribution is 2.40. The summed E-state index contributed by atoms with van der Waals surface area (Å²) < 4.78 is 5.57. The number of carbonyl (C=O) groups excluding carboxylic acids is 1. The molecule has 1 amide bonds. The van der Waals surface area contributed by atoms with Gasteiger partial charge in [0.2, 0.25) is 0 Å². The van der Waals surface area contributed by atoms with Crippen LogP contribution in [0.5, 0.6) is 0 Å². The Bertz CT molecular complexity index is 823. The normalized spacial score (nSPS) is 17.1. The summed E-state index contributed by atoms with van der Waals surface area (Å²) in [6.07, 6.45) is 5.01. The molecule has 0 aliphatic carbocycles. The van der Waals surface area contributed by atoms with Crippen LogP contribution in [0.15, 0.2) is 42.7 Å². The Balaban J connectivity index is 1.98. The number of hydrogen-bond donors (Lipinski definition) is 2. The van der Waals surface area contributed by atoms with Gasteiger partial charge in [0.05, 0.1) is 6.04 Å². The Kier molecular flexibility index (Phi) is 4.54. The van der Waals surface area contributed by atoms with Crippen molar-refractivity contribution in [1.29, 1.82) is 0 Å². The molecule has 3 rings (SSSR count). The number of hydrogen-bond acceptors (Lipinski definition) is 6. The van der Waals surface area contributed by atoms with Crippen molar-refractivity contribution in [3.05, 3.63) is 53.9 Å². The average Bonchev–Trinajstić information content (AvgIpc) is 3.00. The molecule has 0 saturated carbocycles. The number of carbonyl (C=O) groups is 1. The Labute approximate surface area is 152 Å². The fourth-order valence-corrected chi connectivity index (χ4v) is 2.87. The molecule has 7 nitrogen and oxygen atoms in total. The Morgan fingerprint density at radius 2 is 1.77 bits per heavy atom. The van der Waals surface area contributed by atoms with E-state index in [0.717, 1.165) is 16.7 Å². The van der Waals surface area contributed by atoms with E-state index in [4.69, 9.17) is 16.2 Å². The molecule has 0 bridgehead atoms. The molecule has 7 heteroatoms. The topological polar surface area (TPSA) is 107 Å². The predicted octanol–water partition coefficient (Wildman–Crippen LogP) is 3.02. The zero-order valence-electron chi connectivity index (χ0n) is 15.1. The van der Waals surface area contributed by atoms with Crippen LogP contribution in [0.25, 0.3) is 5.57 Å². The molecule has 0 radical (unpaired) electrons. The van der Waals surface area contributed by atoms with E-state index >= 15 is 0 Å². The van der Waals surface area contributed by atoms with Gasteiger partial charge in [-0.2, -0.15) is 0 Å². The molecular weight excluding hydrogens is 330 g/mol. The third kappa shape index (κ3) is 3.77. The van der Waals surface area contributed by atoms with Crippen molar-refractivity contribution in [3.8, 4) is 0 Å². The minimum absolute atomic E-state index is 0.330. The monoisotopic (exact) mass is 353 g/mol. The fraction of sp³-hybridized carbons (Fsp3) is 0.316. The molecule has 0 spiro atoms. The number of amides is 1. The smallest absolute Gasteiger partial charge is 0.411 e. The van der Waals surface area contributed by atoms with Crippen molar-refractivity contribution in [2.45, 2.75) is 32.4 Å². The number of nitrogens with zero attached hydrogens (tertiary/aromatic N) is 3. The fourth-order valence-electron chi connectivity index (χ4n) is 2.87. The van der Waals surface area contributed by atoms with Gasteiger partial charge in [-0.1, -0.05) is 12.1 Å². The molecule has 4 N–H and O–H groups in total. The first-order valence-corrected chi connectivity index (χ1v) is 8.37. The van der Waals surface area contributed by atoms with Crippen LogP contribution >= 0.6 is 0 Å². The summed E-state index contributed by atoms with van der Waals surface area (Å²) in [5, 5.41) is 0. The van der Waals surface area contributed by atoms with Crippen LogP contribution in [-0.2, 0) is 4.74 Å². The summed E-state index contributed by atoms with van der Waals surface area (Å²) in [4.78, 5) is 22.7. The van der Waals surface area contributed by atoms with Crippen molar-refractivity contribution in [2.75, 3.05) is 18.0 Å². The van der Waals surface area contributed by atoms with Gasteiger partial charge in [-0.05, 0) is 55.7 Å². The van der Waals surface area contributed by atoms with E-state index in [0.29, 0.717) is 18.2 Å². The number of nitrogens with two attached hydrogens (primary N) is 2. The Morgan fingerprint density at radius 3 is 2.31 bits per heavy atom. The summed E-state index contributed by atoms with van der Waals surface area (Å²) >= 11 is 0. The maximum Gasteiger partial charge on any atom is 0.411 e. The second-order valence-electron chi connectivity index (χ2n) is 7.18. The third-order valence-corrected chi connectivity index (χ3v) is 3.99. The Morgan fingerprint density at radius 1 is 1.12 bits per heavy atom. The van der Waals surface area contributed by atoms with E-state index in [9.17, 15) is 4.79 Å². The predicted molar refractivity (Wildman–Crippen MR) is 101 cm³/mol. The lowest BCUT2D eigenvalue weighted by Gasteiger charge is -2.30. The first-order valence-electron chi connectivity index (χ1n) is 8.37. The van der Waals surface area contributed by atoms with Crippen LogP contribution in [0.1, 0.15) is 37.9 Å². The second-order valence-corrected chi connectivity index (χ2v) is 7.18. The molecule has 2 aromatic rings. The number of ether oxygens (including phenoxy) is 1. The molecule has 0 aromatic carbocycles. The van der Waals surface area contributed by atoms with Crippen molar-refractivity contribution in [3.63, 3.8) is 0 Å². The van der Waals surface area contributed by atoms with E-state index in [1.165, 1.54) is 0 Å². The number of aromatic nitrogens is 2. The molecular formula is C19H23N5O2. The molecule has 1 aliphatic rings. The van der Waals surface area contributed by atoms with Gasteiger partial charge in [0.1, 0.15) is 17.2 Å². The van der Waals surface area contributed by atoms with Crippen LogP contribution in [0, 0.1) is 0 Å². The van der Waals surface area contributed by atoms with Gasteiger partial charge in [-0.3, -0.25) is 4.90 Å². The zero-order valence-corrected chi connectivity index (χ0v) is 15.1. The average molecular weight is 353 g/mol. The number of pyridine rings is 2. The number of nitrogen functional groups attached to an aromatic ring is 2. The number of anilines is 2. The maximum absolute atomic E-state index is 12.7. The van der Waals surface area contributed by atoms with Gasteiger partial charge in [-0.15, -0.1) is 0 Å². The molecule has 1 atom stereocenters. The van der Waals surface area contributed by atoms with Crippen molar-refractivity contribution >= 4 is 23.3 Å². The number of rotatable bonds is 2. The second kappa shape index (κ2) is 6.67. The van der Waals surface area contributed by atoms with Gasteiger partial charge in [0, 0.05) is 18.9 Å². The van der Waals surface area contributed by atoms with Crippen molar-refractivity contribution in [1.82, 2.24) is 14.9 Å². The molecule has 1 aliphatic heterocycles. The van der Waals surface area contributed by atoms with Crippen LogP contribution in [0.4, 0.5) is 16.4 Å². The minimum atomic E-state index is -0.577. The van der Waals surface area contributed by atoms with Crippen molar-refractivity contribution in [2.24, 2.45) is 0 Å². The van der Waals surface area contributed by atoms with Gasteiger partial charge in [0.15, 0.2) is 0 Å². The lowest BCUT2D eigenvalue weighted by molar-refractivity contribution is 0.0244. The molecule has 3 heterocycles. The molecule has 0 saturated heterocycles. The highest BCUT2D eigenvalue weighted by Gasteiger charge is 2.35. The summed E-state index contributed by atoms with van der Waals surface area (Å²) in [5.41, 5.74) is 13.5. The van der Waals surface area contributed by atoms with E-state index in [2.05, 4.69) is 9.97 Å². The molecule has 0 fully saturated rings. The van der Waals surface area contributed by atoms with E-state index in [1.807, 2.05) is 39.0 Å².